The summed E-state index contributed by atoms with van der Waals surface area (Å²) in [4.78, 5) is 9.06. The predicted octanol–water partition coefficient (Wildman–Crippen LogP) is 5.73. The van der Waals surface area contributed by atoms with E-state index in [9.17, 15) is 0 Å². The van der Waals surface area contributed by atoms with E-state index in [1.807, 2.05) is 24.5 Å². The summed E-state index contributed by atoms with van der Waals surface area (Å²) in [5.41, 5.74) is 10.1. The molecule has 0 radical (unpaired) electrons. The van der Waals surface area contributed by atoms with Crippen LogP contribution in [0, 0.1) is 0 Å². The van der Waals surface area contributed by atoms with E-state index in [1.54, 1.807) is 16.7 Å². The lowest BCUT2D eigenvalue weighted by Crippen LogP contribution is -2.10. The van der Waals surface area contributed by atoms with Gasteiger partial charge < -0.3 is 0 Å². The van der Waals surface area contributed by atoms with Crippen molar-refractivity contribution in [1.29, 1.82) is 0 Å². The number of aryl methyl sites for hydroxylation is 4. The normalized spacial score (nSPS) is 11.0. The highest BCUT2D eigenvalue weighted by molar-refractivity contribution is 5.47. The van der Waals surface area contributed by atoms with Crippen LogP contribution in [0.25, 0.3) is 0 Å². The molecule has 1 aromatic carbocycles. The summed E-state index contributed by atoms with van der Waals surface area (Å²) < 4.78 is 0. The molecular weight excluding hydrogens is 340 g/mol. The molecule has 0 amide bonds. The molecule has 0 aliphatic heterocycles. The average molecular weight is 373 g/mol. The molecule has 0 saturated heterocycles. The quantitative estimate of drug-likeness (QED) is 0.479. The van der Waals surface area contributed by atoms with Crippen molar-refractivity contribution in [2.45, 2.75) is 65.7 Å². The first kappa shape index (κ1) is 20.3. The second kappa shape index (κ2) is 10.2. The minimum atomic E-state index is 1.01. The van der Waals surface area contributed by atoms with Gasteiger partial charge in [0.2, 0.25) is 0 Å². The van der Waals surface area contributed by atoms with Gasteiger partial charge in [0, 0.05) is 23.8 Å². The Kier molecular flexibility index (Phi) is 7.36. The van der Waals surface area contributed by atoms with E-state index in [4.69, 9.17) is 0 Å². The van der Waals surface area contributed by atoms with E-state index in [-0.39, 0.29) is 0 Å². The van der Waals surface area contributed by atoms with Crippen LogP contribution in [-0.4, -0.2) is 9.97 Å². The number of benzene rings is 1. The summed E-state index contributed by atoms with van der Waals surface area (Å²) in [5, 5.41) is 0. The van der Waals surface area contributed by atoms with Gasteiger partial charge in [0.1, 0.15) is 0 Å². The van der Waals surface area contributed by atoms with Gasteiger partial charge >= 0.3 is 0 Å². The Morgan fingerprint density at radius 1 is 0.571 bits per heavy atom. The maximum Gasteiger partial charge on any atom is 0.0406 e. The van der Waals surface area contributed by atoms with Gasteiger partial charge in [0.15, 0.2) is 0 Å². The summed E-state index contributed by atoms with van der Waals surface area (Å²) in [6.07, 6.45) is 11.2. The van der Waals surface area contributed by atoms with Crippen molar-refractivity contribution in [3.8, 4) is 0 Å². The molecule has 2 heteroatoms. The zero-order valence-corrected chi connectivity index (χ0v) is 17.5. The van der Waals surface area contributed by atoms with Crippen LogP contribution in [-0.2, 0) is 44.9 Å². The average Bonchev–Trinajstić information content (AvgIpc) is 2.76. The topological polar surface area (TPSA) is 25.8 Å². The molecular formula is C26H32N2. The molecule has 3 rings (SSSR count). The maximum atomic E-state index is 4.53. The lowest BCUT2D eigenvalue weighted by atomic mass is 9.84. The van der Waals surface area contributed by atoms with Crippen molar-refractivity contribution in [2.75, 3.05) is 0 Å². The number of rotatable bonds is 9. The first-order valence-corrected chi connectivity index (χ1v) is 10.7. The molecule has 0 unspecified atom stereocenters. The molecule has 0 atom stereocenters. The lowest BCUT2D eigenvalue weighted by Gasteiger charge is -2.21. The monoisotopic (exact) mass is 372 g/mol. The highest BCUT2D eigenvalue weighted by atomic mass is 14.7. The van der Waals surface area contributed by atoms with E-state index in [1.165, 1.54) is 22.5 Å². The van der Waals surface area contributed by atoms with Gasteiger partial charge in [0.25, 0.3) is 0 Å². The number of aromatic nitrogens is 2. The molecule has 3 aromatic rings. The Hall–Kier alpha value is -2.48. The van der Waals surface area contributed by atoms with E-state index < -0.39 is 0 Å². The van der Waals surface area contributed by atoms with Crippen LogP contribution in [0.4, 0.5) is 0 Å². The van der Waals surface area contributed by atoms with Gasteiger partial charge in [-0.15, -0.1) is 0 Å². The third-order valence-corrected chi connectivity index (χ3v) is 5.68. The minimum Gasteiger partial charge on any atom is -0.261 e. The second-order valence-corrected chi connectivity index (χ2v) is 7.33. The molecule has 2 aromatic heterocycles. The highest BCUT2D eigenvalue weighted by Gasteiger charge is 2.16. The summed E-state index contributed by atoms with van der Waals surface area (Å²) in [6, 6.07) is 14.9. The van der Waals surface area contributed by atoms with Gasteiger partial charge in [-0.2, -0.15) is 0 Å². The molecule has 0 spiro atoms. The van der Waals surface area contributed by atoms with E-state index in [0.29, 0.717) is 0 Å². The third-order valence-electron chi connectivity index (χ3n) is 5.68. The fraction of sp³-hybridized carbons (Fsp3) is 0.385. The molecule has 2 heterocycles. The fourth-order valence-electron chi connectivity index (χ4n) is 4.23. The first-order valence-electron chi connectivity index (χ1n) is 10.7. The van der Waals surface area contributed by atoms with Crippen molar-refractivity contribution >= 4 is 0 Å². The van der Waals surface area contributed by atoms with Gasteiger partial charge in [-0.3, -0.25) is 9.97 Å². The number of nitrogens with zero attached hydrogens (tertiary/aromatic N) is 2. The highest BCUT2D eigenvalue weighted by Crippen LogP contribution is 2.28. The molecule has 28 heavy (non-hydrogen) atoms. The Bertz CT molecular complexity index is 800. The third kappa shape index (κ3) is 4.86. The standard InChI is InChI=1S/C26H32N2/c1-4-20-19-21(5-2)26(16-14-23-12-8-10-18-28-23)24(6-3)25(20)15-13-22-11-7-9-17-27-22/h7-12,17-19H,4-6,13-16H2,1-3H3. The predicted molar refractivity (Wildman–Crippen MR) is 118 cm³/mol. The minimum absolute atomic E-state index is 1.01. The van der Waals surface area contributed by atoms with Crippen LogP contribution < -0.4 is 0 Å². The zero-order valence-electron chi connectivity index (χ0n) is 17.5. The molecule has 2 nitrogen and oxygen atoms in total. The van der Waals surface area contributed by atoms with E-state index in [2.05, 4.69) is 61.1 Å². The molecule has 0 N–H and O–H groups in total. The summed E-state index contributed by atoms with van der Waals surface area (Å²) in [6.45, 7) is 6.88. The first-order chi connectivity index (χ1) is 13.8. The van der Waals surface area contributed by atoms with Crippen LogP contribution >= 0.6 is 0 Å². The van der Waals surface area contributed by atoms with Crippen LogP contribution in [0.1, 0.15) is 60.0 Å². The van der Waals surface area contributed by atoms with Gasteiger partial charge in [-0.05, 0) is 97.0 Å². The molecule has 0 fully saturated rings. The summed E-state index contributed by atoms with van der Waals surface area (Å²) in [7, 11) is 0. The Morgan fingerprint density at radius 3 is 1.43 bits per heavy atom. The van der Waals surface area contributed by atoms with Crippen molar-refractivity contribution in [2.24, 2.45) is 0 Å². The van der Waals surface area contributed by atoms with Crippen molar-refractivity contribution in [3.05, 3.63) is 94.1 Å². The van der Waals surface area contributed by atoms with Crippen LogP contribution in [0.2, 0.25) is 0 Å². The SMILES string of the molecule is CCc1cc(CC)c(CCc2ccccn2)c(CC)c1CCc1ccccn1. The number of pyridine rings is 2. The molecule has 0 saturated carbocycles. The maximum absolute atomic E-state index is 4.53. The molecule has 0 aliphatic carbocycles. The van der Waals surface area contributed by atoms with E-state index in [0.717, 1.165) is 44.9 Å². The van der Waals surface area contributed by atoms with Gasteiger partial charge in [0.05, 0.1) is 0 Å². The van der Waals surface area contributed by atoms with Crippen molar-refractivity contribution in [3.63, 3.8) is 0 Å². The zero-order chi connectivity index (χ0) is 19.8. The Balaban J connectivity index is 1.92. The summed E-state index contributed by atoms with van der Waals surface area (Å²) >= 11 is 0. The Labute approximate surface area is 170 Å². The number of hydrogen-bond donors (Lipinski definition) is 0. The van der Waals surface area contributed by atoms with Crippen molar-refractivity contribution in [1.82, 2.24) is 9.97 Å². The van der Waals surface area contributed by atoms with Gasteiger partial charge in [-0.25, -0.2) is 0 Å². The Morgan fingerprint density at radius 2 is 1.07 bits per heavy atom. The van der Waals surface area contributed by atoms with Gasteiger partial charge in [-0.1, -0.05) is 39.0 Å². The molecule has 0 aliphatic rings. The summed E-state index contributed by atoms with van der Waals surface area (Å²) in [5.74, 6) is 0. The lowest BCUT2D eigenvalue weighted by molar-refractivity contribution is 0.831. The fourth-order valence-corrected chi connectivity index (χ4v) is 4.23. The second-order valence-electron chi connectivity index (χ2n) is 7.33. The van der Waals surface area contributed by atoms with Crippen molar-refractivity contribution < 1.29 is 0 Å². The smallest absolute Gasteiger partial charge is 0.0406 e. The molecule has 146 valence electrons. The van der Waals surface area contributed by atoms with Crippen LogP contribution in [0.5, 0.6) is 0 Å². The molecule has 0 bridgehead atoms. The number of hydrogen-bond acceptors (Lipinski definition) is 2. The largest absolute Gasteiger partial charge is 0.261 e. The van der Waals surface area contributed by atoms with Crippen LogP contribution in [0.15, 0.2) is 54.9 Å². The van der Waals surface area contributed by atoms with Crippen LogP contribution in [0.3, 0.4) is 0 Å². The van der Waals surface area contributed by atoms with E-state index >= 15 is 0 Å².